The number of aliphatic hydroxyl groups is 1. The fraction of sp³-hybridized carbons (Fsp3) is 1.00. The van der Waals surface area contributed by atoms with E-state index in [9.17, 15) is 5.11 Å². The van der Waals surface area contributed by atoms with Gasteiger partial charge >= 0.3 is 0 Å². The molecular formula is C11H22O2. The largest absolute Gasteiger partial charge is 0.393 e. The quantitative estimate of drug-likeness (QED) is 0.618. The van der Waals surface area contributed by atoms with Crippen molar-refractivity contribution >= 4 is 0 Å². The van der Waals surface area contributed by atoms with Gasteiger partial charge in [-0.3, -0.25) is 0 Å². The van der Waals surface area contributed by atoms with Crippen LogP contribution in [0, 0.1) is 11.8 Å². The number of rotatable bonds is 7. The molecule has 1 aliphatic rings. The lowest BCUT2D eigenvalue weighted by molar-refractivity contribution is 0.0848. The average molecular weight is 186 g/mol. The van der Waals surface area contributed by atoms with Crippen LogP contribution in [0.15, 0.2) is 0 Å². The number of aliphatic hydroxyl groups excluding tert-OH is 1. The van der Waals surface area contributed by atoms with Crippen LogP contribution in [-0.4, -0.2) is 24.4 Å². The molecule has 0 aliphatic heterocycles. The van der Waals surface area contributed by atoms with Crippen LogP contribution in [0.25, 0.3) is 0 Å². The van der Waals surface area contributed by atoms with Crippen LogP contribution in [0.2, 0.25) is 0 Å². The standard InChI is InChI=1S/C11H22O2/c1-9(2)8-13-7-3-4-11(12)10-5-6-10/h9-12H,3-8H2,1-2H3. The van der Waals surface area contributed by atoms with Gasteiger partial charge in [0.05, 0.1) is 6.10 Å². The molecule has 0 aromatic carbocycles. The summed E-state index contributed by atoms with van der Waals surface area (Å²) in [5.74, 6) is 1.23. The molecule has 0 bridgehead atoms. The summed E-state index contributed by atoms with van der Waals surface area (Å²) >= 11 is 0. The maximum absolute atomic E-state index is 9.54. The third-order valence-corrected chi connectivity index (χ3v) is 2.41. The minimum atomic E-state index is -0.0531. The van der Waals surface area contributed by atoms with Crippen molar-refractivity contribution in [2.24, 2.45) is 11.8 Å². The molecule has 0 heterocycles. The van der Waals surface area contributed by atoms with E-state index in [2.05, 4.69) is 13.8 Å². The van der Waals surface area contributed by atoms with Crippen LogP contribution in [0.4, 0.5) is 0 Å². The molecule has 78 valence electrons. The van der Waals surface area contributed by atoms with Gasteiger partial charge in [0.15, 0.2) is 0 Å². The van der Waals surface area contributed by atoms with Crippen LogP contribution >= 0.6 is 0 Å². The molecule has 1 aliphatic carbocycles. The fourth-order valence-electron chi connectivity index (χ4n) is 1.43. The summed E-state index contributed by atoms with van der Waals surface area (Å²) in [7, 11) is 0. The molecule has 0 amide bonds. The monoisotopic (exact) mass is 186 g/mol. The minimum Gasteiger partial charge on any atom is -0.393 e. The highest BCUT2D eigenvalue weighted by atomic mass is 16.5. The Morgan fingerprint density at radius 1 is 1.38 bits per heavy atom. The van der Waals surface area contributed by atoms with Gasteiger partial charge in [0.25, 0.3) is 0 Å². The summed E-state index contributed by atoms with van der Waals surface area (Å²) in [5, 5.41) is 9.54. The SMILES string of the molecule is CC(C)COCCCC(O)C1CC1. The zero-order chi connectivity index (χ0) is 9.68. The van der Waals surface area contributed by atoms with Gasteiger partial charge in [0.2, 0.25) is 0 Å². The highest BCUT2D eigenvalue weighted by molar-refractivity contribution is 4.80. The van der Waals surface area contributed by atoms with E-state index >= 15 is 0 Å². The third-order valence-electron chi connectivity index (χ3n) is 2.41. The maximum Gasteiger partial charge on any atom is 0.0569 e. The molecule has 0 radical (unpaired) electrons. The Bertz CT molecular complexity index is 130. The lowest BCUT2D eigenvalue weighted by atomic mass is 10.1. The van der Waals surface area contributed by atoms with E-state index in [1.165, 1.54) is 12.8 Å². The maximum atomic E-state index is 9.54. The first kappa shape index (κ1) is 11.0. The van der Waals surface area contributed by atoms with Gasteiger partial charge in [-0.25, -0.2) is 0 Å². The van der Waals surface area contributed by atoms with Crippen molar-refractivity contribution in [3.8, 4) is 0 Å². The first-order valence-electron chi connectivity index (χ1n) is 5.46. The predicted molar refractivity (Wildman–Crippen MR) is 53.6 cm³/mol. The van der Waals surface area contributed by atoms with Crippen LogP contribution in [0.1, 0.15) is 39.5 Å². The lowest BCUT2D eigenvalue weighted by Gasteiger charge is -2.09. The molecule has 1 fully saturated rings. The molecule has 13 heavy (non-hydrogen) atoms. The number of hydrogen-bond acceptors (Lipinski definition) is 2. The molecule has 0 saturated heterocycles. The van der Waals surface area contributed by atoms with Crippen molar-refractivity contribution in [3.63, 3.8) is 0 Å². The molecule has 1 N–H and O–H groups in total. The van der Waals surface area contributed by atoms with Gasteiger partial charge in [-0.05, 0) is 37.5 Å². The molecule has 2 nitrogen and oxygen atoms in total. The van der Waals surface area contributed by atoms with Crippen molar-refractivity contribution in [2.45, 2.75) is 45.6 Å². The molecule has 0 aromatic heterocycles. The molecule has 1 atom stereocenters. The lowest BCUT2D eigenvalue weighted by Crippen LogP contribution is -2.11. The van der Waals surface area contributed by atoms with Crippen LogP contribution in [0.3, 0.4) is 0 Å². The summed E-state index contributed by atoms with van der Waals surface area (Å²) in [5.41, 5.74) is 0. The number of ether oxygens (including phenoxy) is 1. The van der Waals surface area contributed by atoms with E-state index < -0.39 is 0 Å². The molecular weight excluding hydrogens is 164 g/mol. The van der Waals surface area contributed by atoms with E-state index in [1.807, 2.05) is 0 Å². The first-order chi connectivity index (χ1) is 6.20. The highest BCUT2D eigenvalue weighted by Gasteiger charge is 2.28. The van der Waals surface area contributed by atoms with Crippen molar-refractivity contribution in [1.82, 2.24) is 0 Å². The molecule has 0 aromatic rings. The topological polar surface area (TPSA) is 29.5 Å². The van der Waals surface area contributed by atoms with Crippen molar-refractivity contribution in [1.29, 1.82) is 0 Å². The summed E-state index contributed by atoms with van der Waals surface area (Å²) in [6, 6.07) is 0. The van der Waals surface area contributed by atoms with E-state index in [1.54, 1.807) is 0 Å². The zero-order valence-electron chi connectivity index (χ0n) is 8.83. The summed E-state index contributed by atoms with van der Waals surface area (Å²) in [6.07, 6.45) is 4.33. The summed E-state index contributed by atoms with van der Waals surface area (Å²) in [6.45, 7) is 5.96. The van der Waals surface area contributed by atoms with E-state index in [4.69, 9.17) is 4.74 Å². The van der Waals surface area contributed by atoms with Crippen LogP contribution in [0.5, 0.6) is 0 Å². The normalized spacial score (nSPS) is 19.4. The fourth-order valence-corrected chi connectivity index (χ4v) is 1.43. The Balaban J connectivity index is 1.83. The molecule has 1 unspecified atom stereocenters. The second kappa shape index (κ2) is 5.61. The molecule has 2 heteroatoms. The van der Waals surface area contributed by atoms with Gasteiger partial charge in [-0.2, -0.15) is 0 Å². The summed E-state index contributed by atoms with van der Waals surface area (Å²) < 4.78 is 5.43. The smallest absolute Gasteiger partial charge is 0.0569 e. The Hall–Kier alpha value is -0.0800. The molecule has 1 saturated carbocycles. The van der Waals surface area contributed by atoms with Crippen molar-refractivity contribution < 1.29 is 9.84 Å². The first-order valence-corrected chi connectivity index (χ1v) is 5.46. The highest BCUT2D eigenvalue weighted by Crippen LogP contribution is 2.34. The third kappa shape index (κ3) is 5.27. The van der Waals surface area contributed by atoms with Gasteiger partial charge in [-0.1, -0.05) is 13.8 Å². The van der Waals surface area contributed by atoms with Gasteiger partial charge in [0.1, 0.15) is 0 Å². The number of hydrogen-bond donors (Lipinski definition) is 1. The molecule has 0 spiro atoms. The second-order valence-corrected chi connectivity index (χ2v) is 4.52. The van der Waals surface area contributed by atoms with Gasteiger partial charge in [0, 0.05) is 13.2 Å². The Labute approximate surface area is 81.3 Å². The Morgan fingerprint density at radius 3 is 2.62 bits per heavy atom. The zero-order valence-corrected chi connectivity index (χ0v) is 8.83. The average Bonchev–Trinajstić information content (AvgIpc) is 2.85. The summed E-state index contributed by atoms with van der Waals surface area (Å²) in [4.78, 5) is 0. The Morgan fingerprint density at radius 2 is 2.08 bits per heavy atom. The van der Waals surface area contributed by atoms with E-state index in [-0.39, 0.29) is 6.10 Å². The van der Waals surface area contributed by atoms with Crippen molar-refractivity contribution in [3.05, 3.63) is 0 Å². The van der Waals surface area contributed by atoms with Gasteiger partial charge < -0.3 is 9.84 Å². The molecule has 1 rings (SSSR count). The minimum absolute atomic E-state index is 0.0531. The van der Waals surface area contributed by atoms with E-state index in [0.717, 1.165) is 26.1 Å². The van der Waals surface area contributed by atoms with Crippen LogP contribution in [-0.2, 0) is 4.74 Å². The van der Waals surface area contributed by atoms with E-state index in [0.29, 0.717) is 11.8 Å². The Kier molecular flexibility index (Phi) is 4.74. The predicted octanol–water partition coefficient (Wildman–Crippen LogP) is 2.21. The van der Waals surface area contributed by atoms with Gasteiger partial charge in [-0.15, -0.1) is 0 Å². The second-order valence-electron chi connectivity index (χ2n) is 4.52. The van der Waals surface area contributed by atoms with Crippen LogP contribution < -0.4 is 0 Å². The van der Waals surface area contributed by atoms with Crippen molar-refractivity contribution in [2.75, 3.05) is 13.2 Å².